The van der Waals surface area contributed by atoms with Crippen molar-refractivity contribution in [3.63, 3.8) is 0 Å². The van der Waals surface area contributed by atoms with Crippen molar-refractivity contribution in [2.45, 2.75) is 13.1 Å². The number of anilines is 2. The number of hydrogen-bond donors (Lipinski definition) is 2. The van der Waals surface area contributed by atoms with Gasteiger partial charge in [0, 0.05) is 18.5 Å². The summed E-state index contributed by atoms with van der Waals surface area (Å²) in [5, 5.41) is 7.39. The number of halogens is 3. The summed E-state index contributed by atoms with van der Waals surface area (Å²) in [6.07, 6.45) is 0. The number of aromatic nitrogens is 2. The molecule has 29 heavy (non-hydrogen) atoms. The largest absolute Gasteiger partial charge is 0.365 e. The maximum Gasteiger partial charge on any atom is 0.225 e. The van der Waals surface area contributed by atoms with E-state index in [9.17, 15) is 8.78 Å². The van der Waals surface area contributed by atoms with Crippen molar-refractivity contribution in [3.05, 3.63) is 95.6 Å². The topological polar surface area (TPSA) is 49.8 Å². The molecule has 4 aromatic rings. The summed E-state index contributed by atoms with van der Waals surface area (Å²) in [5.74, 6) is 0.641. The van der Waals surface area contributed by atoms with Gasteiger partial charge in [0.05, 0.1) is 5.52 Å². The molecule has 0 unspecified atom stereocenters. The van der Waals surface area contributed by atoms with Crippen molar-refractivity contribution in [3.8, 4) is 0 Å². The molecular weight excluding hydrogens is 394 g/mol. The van der Waals surface area contributed by atoms with Crippen molar-refractivity contribution in [2.75, 3.05) is 10.6 Å². The second-order valence-electron chi connectivity index (χ2n) is 6.37. The molecule has 0 amide bonds. The summed E-state index contributed by atoms with van der Waals surface area (Å²) in [7, 11) is 0. The molecule has 0 aliphatic rings. The Balaban J connectivity index is 0.00000240. The van der Waals surface area contributed by atoms with Crippen LogP contribution in [0, 0.1) is 11.6 Å². The SMILES string of the molecule is Cl.Fc1ccc(CNc2nc(NCc3ccc(F)cc3)c3ccccc3n2)cc1. The van der Waals surface area contributed by atoms with E-state index in [2.05, 4.69) is 20.6 Å². The lowest BCUT2D eigenvalue weighted by Crippen LogP contribution is -2.08. The third-order valence-electron chi connectivity index (χ3n) is 4.34. The first-order chi connectivity index (χ1) is 13.7. The molecule has 4 nitrogen and oxygen atoms in total. The van der Waals surface area contributed by atoms with E-state index < -0.39 is 0 Å². The Bertz CT molecular complexity index is 1090. The lowest BCUT2D eigenvalue weighted by molar-refractivity contribution is 0.626. The number of nitrogens with zero attached hydrogens (tertiary/aromatic N) is 2. The Hall–Kier alpha value is -3.25. The van der Waals surface area contributed by atoms with Gasteiger partial charge in [0.25, 0.3) is 0 Å². The van der Waals surface area contributed by atoms with Crippen LogP contribution in [0.2, 0.25) is 0 Å². The summed E-state index contributed by atoms with van der Waals surface area (Å²) in [5.41, 5.74) is 2.68. The molecule has 7 heteroatoms. The Morgan fingerprint density at radius 2 is 1.21 bits per heavy atom. The normalized spacial score (nSPS) is 10.4. The Morgan fingerprint density at radius 3 is 1.83 bits per heavy atom. The van der Waals surface area contributed by atoms with Crippen LogP contribution >= 0.6 is 12.4 Å². The van der Waals surface area contributed by atoms with Gasteiger partial charge >= 0.3 is 0 Å². The summed E-state index contributed by atoms with van der Waals surface area (Å²) in [6, 6.07) is 20.4. The van der Waals surface area contributed by atoms with E-state index in [0.29, 0.717) is 24.9 Å². The number of fused-ring (bicyclic) bond motifs is 1. The van der Waals surface area contributed by atoms with E-state index in [0.717, 1.165) is 22.0 Å². The minimum absolute atomic E-state index is 0. The first kappa shape index (κ1) is 20.5. The zero-order valence-corrected chi connectivity index (χ0v) is 16.2. The van der Waals surface area contributed by atoms with Crippen LogP contribution < -0.4 is 10.6 Å². The fourth-order valence-corrected chi connectivity index (χ4v) is 2.86. The van der Waals surface area contributed by atoms with E-state index in [-0.39, 0.29) is 24.0 Å². The molecule has 0 atom stereocenters. The number of nitrogens with one attached hydrogen (secondary N) is 2. The Morgan fingerprint density at radius 1 is 0.655 bits per heavy atom. The molecular formula is C22H19ClF2N4. The summed E-state index contributed by atoms with van der Waals surface area (Å²) in [6.45, 7) is 0.995. The lowest BCUT2D eigenvalue weighted by atomic mass is 10.2. The molecule has 3 aromatic carbocycles. The molecule has 0 spiro atoms. The van der Waals surface area contributed by atoms with E-state index in [4.69, 9.17) is 0 Å². The van der Waals surface area contributed by atoms with Gasteiger partial charge in [-0.3, -0.25) is 0 Å². The highest BCUT2D eigenvalue weighted by atomic mass is 35.5. The van der Waals surface area contributed by atoms with Gasteiger partial charge in [0.2, 0.25) is 5.95 Å². The molecule has 2 N–H and O–H groups in total. The van der Waals surface area contributed by atoms with Gasteiger partial charge in [-0.05, 0) is 47.5 Å². The molecule has 0 fully saturated rings. The average molecular weight is 413 g/mol. The van der Waals surface area contributed by atoms with E-state index in [1.54, 1.807) is 24.3 Å². The predicted octanol–water partition coefficient (Wildman–Crippen LogP) is 5.55. The fraction of sp³-hybridized carbons (Fsp3) is 0.0909. The van der Waals surface area contributed by atoms with Crippen molar-refractivity contribution in [1.29, 1.82) is 0 Å². The minimum atomic E-state index is -0.266. The van der Waals surface area contributed by atoms with Gasteiger partial charge in [-0.15, -0.1) is 12.4 Å². The van der Waals surface area contributed by atoms with Crippen molar-refractivity contribution in [2.24, 2.45) is 0 Å². The van der Waals surface area contributed by atoms with E-state index in [1.807, 2.05) is 24.3 Å². The van der Waals surface area contributed by atoms with Crippen LogP contribution in [0.25, 0.3) is 10.9 Å². The summed E-state index contributed by atoms with van der Waals surface area (Å²) in [4.78, 5) is 9.13. The minimum Gasteiger partial charge on any atom is -0.365 e. The highest BCUT2D eigenvalue weighted by molar-refractivity contribution is 5.90. The monoisotopic (exact) mass is 412 g/mol. The lowest BCUT2D eigenvalue weighted by Gasteiger charge is -2.12. The fourth-order valence-electron chi connectivity index (χ4n) is 2.86. The average Bonchev–Trinajstić information content (AvgIpc) is 2.73. The third kappa shape index (κ3) is 5.18. The molecule has 4 rings (SSSR count). The smallest absolute Gasteiger partial charge is 0.225 e. The van der Waals surface area contributed by atoms with Gasteiger partial charge in [0.15, 0.2) is 0 Å². The van der Waals surface area contributed by atoms with Gasteiger partial charge in [-0.25, -0.2) is 13.8 Å². The van der Waals surface area contributed by atoms with Gasteiger partial charge in [-0.2, -0.15) is 4.98 Å². The van der Waals surface area contributed by atoms with Crippen molar-refractivity contribution in [1.82, 2.24) is 9.97 Å². The van der Waals surface area contributed by atoms with Crippen LogP contribution in [-0.4, -0.2) is 9.97 Å². The van der Waals surface area contributed by atoms with Crippen LogP contribution in [0.5, 0.6) is 0 Å². The maximum atomic E-state index is 13.1. The van der Waals surface area contributed by atoms with Crippen molar-refractivity contribution >= 4 is 35.1 Å². The van der Waals surface area contributed by atoms with Gasteiger partial charge in [-0.1, -0.05) is 36.4 Å². The highest BCUT2D eigenvalue weighted by Gasteiger charge is 2.08. The summed E-state index contributed by atoms with van der Waals surface area (Å²) >= 11 is 0. The second-order valence-corrected chi connectivity index (χ2v) is 6.37. The molecule has 1 aromatic heterocycles. The molecule has 148 valence electrons. The van der Waals surface area contributed by atoms with Gasteiger partial charge < -0.3 is 10.6 Å². The molecule has 0 aliphatic carbocycles. The molecule has 0 saturated heterocycles. The standard InChI is InChI=1S/C22H18F2N4.ClH/c23-17-9-5-15(6-10-17)13-25-21-19-3-1-2-4-20(19)27-22(28-21)26-14-16-7-11-18(24)12-8-16;/h1-12H,13-14H2,(H2,25,26,27,28);1H. The highest BCUT2D eigenvalue weighted by Crippen LogP contribution is 2.22. The molecule has 0 radical (unpaired) electrons. The van der Waals surface area contributed by atoms with E-state index in [1.165, 1.54) is 24.3 Å². The van der Waals surface area contributed by atoms with Crippen LogP contribution in [-0.2, 0) is 13.1 Å². The number of rotatable bonds is 6. The molecule has 0 aliphatic heterocycles. The van der Waals surface area contributed by atoms with Crippen LogP contribution in [0.4, 0.5) is 20.5 Å². The van der Waals surface area contributed by atoms with Gasteiger partial charge in [0.1, 0.15) is 17.5 Å². The first-order valence-electron chi connectivity index (χ1n) is 8.91. The predicted molar refractivity (Wildman–Crippen MR) is 114 cm³/mol. The maximum absolute atomic E-state index is 13.1. The number of para-hydroxylation sites is 1. The third-order valence-corrected chi connectivity index (χ3v) is 4.34. The Labute approximate surface area is 173 Å². The zero-order chi connectivity index (χ0) is 19.3. The summed E-state index contributed by atoms with van der Waals surface area (Å²) < 4.78 is 26.1. The number of hydrogen-bond acceptors (Lipinski definition) is 4. The Kier molecular flexibility index (Phi) is 6.57. The first-order valence-corrected chi connectivity index (χ1v) is 8.91. The number of benzene rings is 3. The van der Waals surface area contributed by atoms with Crippen LogP contribution in [0.3, 0.4) is 0 Å². The zero-order valence-electron chi connectivity index (χ0n) is 15.4. The second kappa shape index (κ2) is 9.30. The molecule has 1 heterocycles. The quantitative estimate of drug-likeness (QED) is 0.435. The van der Waals surface area contributed by atoms with Crippen molar-refractivity contribution < 1.29 is 8.78 Å². The van der Waals surface area contributed by atoms with Crippen LogP contribution in [0.1, 0.15) is 11.1 Å². The molecule has 0 bridgehead atoms. The molecule has 0 saturated carbocycles. The van der Waals surface area contributed by atoms with E-state index >= 15 is 0 Å². The van der Waals surface area contributed by atoms with Crippen LogP contribution in [0.15, 0.2) is 72.8 Å².